The molecule has 0 spiro atoms. The number of thiazole rings is 1. The molecule has 2 aromatic carbocycles. The van der Waals surface area contributed by atoms with E-state index in [1.54, 1.807) is 5.38 Å². The number of fused-ring (bicyclic) bond motifs is 1. The molecule has 6 nitrogen and oxygen atoms in total. The van der Waals surface area contributed by atoms with Crippen LogP contribution in [0.5, 0.6) is 0 Å². The van der Waals surface area contributed by atoms with Gasteiger partial charge in [0.15, 0.2) is 0 Å². The van der Waals surface area contributed by atoms with Crippen LogP contribution in [0.3, 0.4) is 0 Å². The number of para-hydroxylation sites is 1. The first-order chi connectivity index (χ1) is 17.7. The second-order valence-electron chi connectivity index (χ2n) is 8.96. The number of halogens is 3. The zero-order valence-corrected chi connectivity index (χ0v) is 20.7. The summed E-state index contributed by atoms with van der Waals surface area (Å²) in [6.45, 7) is 2.50. The molecule has 1 saturated heterocycles. The summed E-state index contributed by atoms with van der Waals surface area (Å²) in [5, 5.41) is 6.26. The number of carbonyl (C=O) groups excluding carboxylic acids is 2. The Morgan fingerprint density at radius 1 is 1.03 bits per heavy atom. The summed E-state index contributed by atoms with van der Waals surface area (Å²) in [4.78, 5) is 36.3. The molecule has 2 amide bonds. The summed E-state index contributed by atoms with van der Waals surface area (Å²) in [7, 11) is 0. The van der Waals surface area contributed by atoms with Crippen molar-refractivity contribution in [2.75, 3.05) is 18.4 Å². The Bertz CT molecular complexity index is 1480. The summed E-state index contributed by atoms with van der Waals surface area (Å²) in [5.41, 5.74) is 1.28. The minimum Gasteiger partial charge on any atom is -0.339 e. The topological polar surface area (TPSA) is 75.2 Å². The number of hydrogen-bond acceptors (Lipinski definition) is 5. The summed E-state index contributed by atoms with van der Waals surface area (Å²) in [5.74, 6) is -0.919. The molecule has 1 aliphatic rings. The number of benzene rings is 2. The second kappa shape index (κ2) is 9.93. The predicted molar refractivity (Wildman–Crippen MR) is 136 cm³/mol. The first-order valence-electron chi connectivity index (χ1n) is 11.8. The minimum atomic E-state index is -4.59. The van der Waals surface area contributed by atoms with Gasteiger partial charge in [0.05, 0.1) is 27.3 Å². The molecule has 0 atom stereocenters. The van der Waals surface area contributed by atoms with Crippen molar-refractivity contribution < 1.29 is 22.8 Å². The number of piperidine rings is 1. The lowest BCUT2D eigenvalue weighted by molar-refractivity contribution is -0.138. The number of nitrogens with zero attached hydrogens (tertiary/aromatic N) is 3. The fourth-order valence-electron chi connectivity index (χ4n) is 4.59. The zero-order chi connectivity index (χ0) is 26.2. The van der Waals surface area contributed by atoms with E-state index in [1.807, 2.05) is 37.3 Å². The van der Waals surface area contributed by atoms with E-state index in [9.17, 15) is 22.8 Å². The average Bonchev–Trinajstić information content (AvgIpc) is 3.38. The fraction of sp³-hybridized carbons (Fsp3) is 0.259. The Balaban J connectivity index is 1.25. The average molecular weight is 525 g/mol. The van der Waals surface area contributed by atoms with Crippen LogP contribution in [-0.4, -0.2) is 39.8 Å². The fourth-order valence-corrected chi connectivity index (χ4v) is 5.56. The highest BCUT2D eigenvalue weighted by atomic mass is 32.1. The van der Waals surface area contributed by atoms with Gasteiger partial charge in [0.1, 0.15) is 5.69 Å². The number of rotatable bonds is 4. The van der Waals surface area contributed by atoms with Gasteiger partial charge in [0.2, 0.25) is 0 Å². The highest BCUT2D eigenvalue weighted by Crippen LogP contribution is 2.35. The third-order valence-corrected chi connectivity index (χ3v) is 7.45. The van der Waals surface area contributed by atoms with Crippen LogP contribution in [0.15, 0.2) is 60.0 Å². The van der Waals surface area contributed by atoms with E-state index in [4.69, 9.17) is 0 Å². The van der Waals surface area contributed by atoms with E-state index >= 15 is 0 Å². The molecular formula is C27H23F3N4O2S. The third-order valence-electron chi connectivity index (χ3n) is 6.44. The summed E-state index contributed by atoms with van der Waals surface area (Å²) < 4.78 is 40.0. The zero-order valence-electron chi connectivity index (χ0n) is 19.9. The van der Waals surface area contributed by atoms with Crippen LogP contribution in [-0.2, 0) is 6.18 Å². The van der Waals surface area contributed by atoms with Gasteiger partial charge in [-0.05, 0) is 44.0 Å². The Morgan fingerprint density at radius 3 is 2.49 bits per heavy atom. The van der Waals surface area contributed by atoms with Crippen molar-refractivity contribution in [1.29, 1.82) is 0 Å². The molecule has 2 aromatic heterocycles. The number of amides is 2. The molecule has 0 saturated carbocycles. The maximum atomic E-state index is 13.3. The molecule has 37 heavy (non-hydrogen) atoms. The number of hydrogen-bond donors (Lipinski definition) is 1. The largest absolute Gasteiger partial charge is 0.417 e. The van der Waals surface area contributed by atoms with Crippen molar-refractivity contribution in [3.63, 3.8) is 0 Å². The number of likely N-dealkylation sites (tertiary alicyclic amines) is 1. The van der Waals surface area contributed by atoms with Crippen molar-refractivity contribution in [3.8, 4) is 0 Å². The third kappa shape index (κ3) is 5.20. The van der Waals surface area contributed by atoms with Crippen LogP contribution >= 0.6 is 11.3 Å². The van der Waals surface area contributed by atoms with Gasteiger partial charge in [-0.1, -0.05) is 30.3 Å². The number of nitrogens with one attached hydrogen (secondary N) is 1. The van der Waals surface area contributed by atoms with Crippen LogP contribution in [0.1, 0.15) is 55.9 Å². The normalized spacial score (nSPS) is 14.6. The van der Waals surface area contributed by atoms with Gasteiger partial charge in [-0.2, -0.15) is 13.2 Å². The highest BCUT2D eigenvalue weighted by Gasteiger charge is 2.36. The number of pyridine rings is 1. The van der Waals surface area contributed by atoms with Crippen molar-refractivity contribution in [1.82, 2.24) is 14.9 Å². The van der Waals surface area contributed by atoms with Crippen LogP contribution in [0.25, 0.3) is 10.9 Å². The van der Waals surface area contributed by atoms with E-state index in [0.717, 1.165) is 27.7 Å². The number of aryl methyl sites for hydroxylation is 1. The van der Waals surface area contributed by atoms with E-state index in [0.29, 0.717) is 37.3 Å². The molecule has 0 unspecified atom stereocenters. The summed E-state index contributed by atoms with van der Waals surface area (Å²) >= 11 is 1.38. The van der Waals surface area contributed by atoms with Gasteiger partial charge in [-0.3, -0.25) is 14.6 Å². The molecule has 4 aromatic rings. The summed E-state index contributed by atoms with van der Waals surface area (Å²) in [6, 6.07) is 14.2. The first-order valence-corrected chi connectivity index (χ1v) is 12.7. The van der Waals surface area contributed by atoms with Crippen LogP contribution in [0, 0.1) is 6.92 Å². The molecule has 1 N–H and O–H groups in total. The lowest BCUT2D eigenvalue weighted by Crippen LogP contribution is -2.38. The molecule has 0 aliphatic carbocycles. The highest BCUT2D eigenvalue weighted by molar-refractivity contribution is 7.10. The molecule has 5 rings (SSSR count). The molecule has 0 bridgehead atoms. The molecule has 1 fully saturated rings. The smallest absolute Gasteiger partial charge is 0.339 e. The van der Waals surface area contributed by atoms with Gasteiger partial charge in [-0.15, -0.1) is 11.3 Å². The number of aromatic nitrogens is 2. The maximum Gasteiger partial charge on any atom is 0.417 e. The molecular weight excluding hydrogens is 501 g/mol. The Kier molecular flexibility index (Phi) is 6.68. The molecule has 3 heterocycles. The minimum absolute atomic E-state index is 0.0254. The van der Waals surface area contributed by atoms with Gasteiger partial charge in [0.25, 0.3) is 11.8 Å². The van der Waals surface area contributed by atoms with Crippen molar-refractivity contribution in [2.45, 2.75) is 31.9 Å². The lowest BCUT2D eigenvalue weighted by Gasteiger charge is -2.31. The standard InChI is InChI=1S/C27H23F3N4O2S/c1-16-14-22(19-7-3-5-9-21(19)31-16)32-24(35)23-15-37-25(33-23)17-10-12-34(13-11-17)26(36)18-6-2-4-8-20(18)27(28,29)30/h2-9,14-15,17H,10-13H2,1H3,(H,31,32,35). The van der Waals surface area contributed by atoms with Crippen molar-refractivity contribution in [3.05, 3.63) is 87.5 Å². The Hall–Kier alpha value is -3.79. The van der Waals surface area contributed by atoms with E-state index < -0.39 is 17.6 Å². The second-order valence-corrected chi connectivity index (χ2v) is 9.85. The van der Waals surface area contributed by atoms with E-state index in [2.05, 4.69) is 15.3 Å². The Labute approximate surface area is 215 Å². The first kappa shape index (κ1) is 24.9. The number of anilines is 1. The van der Waals surface area contributed by atoms with Gasteiger partial charge in [-0.25, -0.2) is 4.98 Å². The van der Waals surface area contributed by atoms with Crippen molar-refractivity contribution >= 4 is 39.7 Å². The lowest BCUT2D eigenvalue weighted by atomic mass is 9.96. The number of carbonyl (C=O) groups is 2. The summed E-state index contributed by atoms with van der Waals surface area (Å²) in [6.07, 6.45) is -3.48. The van der Waals surface area contributed by atoms with Gasteiger partial charge < -0.3 is 10.2 Å². The molecule has 1 aliphatic heterocycles. The van der Waals surface area contributed by atoms with E-state index in [-0.39, 0.29) is 17.4 Å². The van der Waals surface area contributed by atoms with Crippen molar-refractivity contribution in [2.24, 2.45) is 0 Å². The SMILES string of the molecule is Cc1cc(NC(=O)c2csc(C3CCN(C(=O)c4ccccc4C(F)(F)F)CC3)n2)c2ccccc2n1. The molecule has 190 valence electrons. The van der Waals surface area contributed by atoms with Crippen LogP contribution in [0.4, 0.5) is 18.9 Å². The predicted octanol–water partition coefficient (Wildman–Crippen LogP) is 6.29. The van der Waals surface area contributed by atoms with Gasteiger partial charge in [0, 0.05) is 35.5 Å². The number of alkyl halides is 3. The van der Waals surface area contributed by atoms with E-state index in [1.165, 1.54) is 34.4 Å². The molecule has 10 heteroatoms. The van der Waals surface area contributed by atoms with Gasteiger partial charge >= 0.3 is 6.18 Å². The quantitative estimate of drug-likeness (QED) is 0.340. The Morgan fingerprint density at radius 2 is 1.73 bits per heavy atom. The maximum absolute atomic E-state index is 13.3. The molecule has 0 radical (unpaired) electrons. The van der Waals surface area contributed by atoms with Crippen LogP contribution in [0.2, 0.25) is 0 Å². The monoisotopic (exact) mass is 524 g/mol. The van der Waals surface area contributed by atoms with Crippen LogP contribution < -0.4 is 5.32 Å².